The number of esters is 1. The maximum atomic E-state index is 11.7. The Balaban J connectivity index is 1.59. The second-order valence-electron chi connectivity index (χ2n) is 8.39. The van der Waals surface area contributed by atoms with Crippen LogP contribution in [0.1, 0.15) is 33.6 Å². The Morgan fingerprint density at radius 2 is 1.65 bits per heavy atom. The molecule has 164 valence electrons. The minimum Gasteiger partial charge on any atom is -0.465 e. The number of anilines is 2. The van der Waals surface area contributed by atoms with E-state index in [1.165, 1.54) is 0 Å². The standard InChI is InChI=1S/C25H32N4O2/c1-4-31-24(30)17-26-22-14-23(16-25(2,3)15-22)29-21-12-10-20(11-13-21)28-18-27-19-8-6-5-7-9-19/h5-14,26-28H,4,15-18H2,1-3H3/b29-23-. The van der Waals surface area contributed by atoms with E-state index in [4.69, 9.17) is 9.73 Å². The number of benzene rings is 2. The fourth-order valence-corrected chi connectivity index (χ4v) is 3.58. The van der Waals surface area contributed by atoms with Gasteiger partial charge in [-0.25, -0.2) is 0 Å². The predicted octanol–water partition coefficient (Wildman–Crippen LogP) is 5.10. The van der Waals surface area contributed by atoms with E-state index in [-0.39, 0.29) is 17.9 Å². The lowest BCUT2D eigenvalue weighted by atomic mass is 9.78. The number of aliphatic imine (C=N–C) groups is 1. The molecule has 6 nitrogen and oxygen atoms in total. The molecule has 2 aromatic carbocycles. The second kappa shape index (κ2) is 10.7. The predicted molar refractivity (Wildman–Crippen MR) is 128 cm³/mol. The smallest absolute Gasteiger partial charge is 0.325 e. The van der Waals surface area contributed by atoms with Gasteiger partial charge in [-0.3, -0.25) is 9.79 Å². The maximum Gasteiger partial charge on any atom is 0.325 e. The lowest BCUT2D eigenvalue weighted by Gasteiger charge is -2.31. The average Bonchev–Trinajstić information content (AvgIpc) is 2.73. The molecule has 0 spiro atoms. The minimum atomic E-state index is -0.241. The zero-order valence-corrected chi connectivity index (χ0v) is 18.6. The van der Waals surface area contributed by atoms with Gasteiger partial charge in [0, 0.05) is 22.8 Å². The molecule has 0 radical (unpaired) electrons. The number of para-hydroxylation sites is 1. The Hall–Kier alpha value is -3.28. The molecule has 0 saturated carbocycles. The Bertz CT molecular complexity index is 918. The van der Waals surface area contributed by atoms with Gasteiger partial charge in [0.1, 0.15) is 6.54 Å². The summed E-state index contributed by atoms with van der Waals surface area (Å²) < 4.78 is 5.00. The van der Waals surface area contributed by atoms with Crippen LogP contribution in [0.15, 0.2) is 71.4 Å². The molecular formula is C25H32N4O2. The largest absolute Gasteiger partial charge is 0.465 e. The Labute approximate surface area is 184 Å². The lowest BCUT2D eigenvalue weighted by molar-refractivity contribution is -0.141. The molecule has 0 heterocycles. The van der Waals surface area contributed by atoms with Gasteiger partial charge in [0.25, 0.3) is 0 Å². The molecule has 31 heavy (non-hydrogen) atoms. The van der Waals surface area contributed by atoms with Gasteiger partial charge in [-0.2, -0.15) is 0 Å². The van der Waals surface area contributed by atoms with E-state index in [0.29, 0.717) is 13.3 Å². The van der Waals surface area contributed by atoms with Gasteiger partial charge in [0.05, 0.1) is 19.0 Å². The summed E-state index contributed by atoms with van der Waals surface area (Å²) in [6.45, 7) is 7.46. The van der Waals surface area contributed by atoms with Crippen molar-refractivity contribution >= 4 is 28.7 Å². The topological polar surface area (TPSA) is 74.8 Å². The van der Waals surface area contributed by atoms with E-state index in [2.05, 4.69) is 35.9 Å². The first-order valence-corrected chi connectivity index (χ1v) is 10.7. The van der Waals surface area contributed by atoms with E-state index >= 15 is 0 Å². The summed E-state index contributed by atoms with van der Waals surface area (Å²) in [5.74, 6) is -0.241. The SMILES string of the molecule is CCOC(=O)CNC1=C/C(=N/c2ccc(NCNc3ccccc3)cc2)CC(C)(C)C1. The number of nitrogens with zero attached hydrogens (tertiary/aromatic N) is 1. The van der Waals surface area contributed by atoms with Crippen molar-refractivity contribution in [3.8, 4) is 0 Å². The van der Waals surface area contributed by atoms with Gasteiger partial charge in [0.15, 0.2) is 0 Å². The third-order valence-electron chi connectivity index (χ3n) is 4.93. The van der Waals surface area contributed by atoms with Crippen LogP contribution in [0.3, 0.4) is 0 Å². The molecule has 1 aliphatic rings. The summed E-state index contributed by atoms with van der Waals surface area (Å²) in [7, 11) is 0. The molecule has 2 aromatic rings. The monoisotopic (exact) mass is 420 g/mol. The van der Waals surface area contributed by atoms with Gasteiger partial charge in [0.2, 0.25) is 0 Å². The molecule has 0 fully saturated rings. The molecule has 0 aliphatic heterocycles. The molecule has 0 bridgehead atoms. The maximum absolute atomic E-state index is 11.7. The summed E-state index contributed by atoms with van der Waals surface area (Å²) in [6.07, 6.45) is 3.82. The van der Waals surface area contributed by atoms with Crippen molar-refractivity contribution < 1.29 is 9.53 Å². The second-order valence-corrected chi connectivity index (χ2v) is 8.39. The normalized spacial score (nSPS) is 16.4. The highest BCUT2D eigenvalue weighted by molar-refractivity contribution is 5.98. The first-order valence-electron chi connectivity index (χ1n) is 10.7. The van der Waals surface area contributed by atoms with Gasteiger partial charge in [-0.1, -0.05) is 32.0 Å². The molecular weight excluding hydrogens is 388 g/mol. The van der Waals surface area contributed by atoms with Crippen molar-refractivity contribution in [2.24, 2.45) is 10.4 Å². The third kappa shape index (κ3) is 7.48. The van der Waals surface area contributed by atoms with E-state index in [1.807, 2.05) is 61.5 Å². The van der Waals surface area contributed by atoms with Crippen LogP contribution in [0.5, 0.6) is 0 Å². The van der Waals surface area contributed by atoms with Gasteiger partial charge >= 0.3 is 5.97 Å². The van der Waals surface area contributed by atoms with Crippen LogP contribution in [0.25, 0.3) is 0 Å². The van der Waals surface area contributed by atoms with Crippen molar-refractivity contribution in [1.82, 2.24) is 5.32 Å². The fraction of sp³-hybridized carbons (Fsp3) is 0.360. The zero-order chi connectivity index (χ0) is 22.1. The van der Waals surface area contributed by atoms with E-state index in [1.54, 1.807) is 0 Å². The lowest BCUT2D eigenvalue weighted by Crippen LogP contribution is -2.31. The van der Waals surface area contributed by atoms with Crippen molar-refractivity contribution in [3.63, 3.8) is 0 Å². The summed E-state index contributed by atoms with van der Waals surface area (Å²) in [5, 5.41) is 9.90. The van der Waals surface area contributed by atoms with Crippen molar-refractivity contribution in [2.45, 2.75) is 33.6 Å². The molecule has 0 atom stereocenters. The Morgan fingerprint density at radius 3 is 2.32 bits per heavy atom. The van der Waals surface area contributed by atoms with Gasteiger partial charge < -0.3 is 20.7 Å². The number of hydrogen-bond acceptors (Lipinski definition) is 6. The molecule has 0 aromatic heterocycles. The third-order valence-corrected chi connectivity index (χ3v) is 4.93. The summed E-state index contributed by atoms with van der Waals surface area (Å²) in [4.78, 5) is 16.5. The highest BCUT2D eigenvalue weighted by atomic mass is 16.5. The van der Waals surface area contributed by atoms with E-state index in [0.717, 1.165) is 41.3 Å². The molecule has 0 amide bonds. The Kier molecular flexibility index (Phi) is 7.70. The Morgan fingerprint density at radius 1 is 0.968 bits per heavy atom. The molecule has 0 unspecified atom stereocenters. The molecule has 6 heteroatoms. The van der Waals surface area contributed by atoms with Crippen LogP contribution in [0, 0.1) is 5.41 Å². The van der Waals surface area contributed by atoms with E-state index < -0.39 is 0 Å². The number of ether oxygens (including phenoxy) is 1. The summed E-state index contributed by atoms with van der Waals surface area (Å²) in [5.41, 5.74) is 5.13. The van der Waals surface area contributed by atoms with Crippen molar-refractivity contribution in [3.05, 3.63) is 66.4 Å². The van der Waals surface area contributed by atoms with Crippen molar-refractivity contribution in [2.75, 3.05) is 30.5 Å². The highest BCUT2D eigenvalue weighted by Gasteiger charge is 2.26. The summed E-state index contributed by atoms with van der Waals surface area (Å²) in [6, 6.07) is 18.2. The number of nitrogens with one attached hydrogen (secondary N) is 3. The quantitative estimate of drug-likeness (QED) is 0.389. The van der Waals surface area contributed by atoms with Crippen LogP contribution in [-0.4, -0.2) is 31.5 Å². The van der Waals surface area contributed by atoms with Crippen LogP contribution in [-0.2, 0) is 9.53 Å². The van der Waals surface area contributed by atoms with Crippen LogP contribution < -0.4 is 16.0 Å². The van der Waals surface area contributed by atoms with E-state index in [9.17, 15) is 4.79 Å². The van der Waals surface area contributed by atoms with Gasteiger partial charge in [-0.15, -0.1) is 0 Å². The molecule has 0 saturated heterocycles. The minimum absolute atomic E-state index is 0.0786. The summed E-state index contributed by atoms with van der Waals surface area (Å²) >= 11 is 0. The van der Waals surface area contributed by atoms with Gasteiger partial charge in [-0.05, 0) is 67.7 Å². The highest BCUT2D eigenvalue weighted by Crippen LogP contribution is 2.34. The van der Waals surface area contributed by atoms with Crippen LogP contribution >= 0.6 is 0 Å². The zero-order valence-electron chi connectivity index (χ0n) is 18.6. The fourth-order valence-electron chi connectivity index (χ4n) is 3.58. The first-order chi connectivity index (χ1) is 14.9. The number of allylic oxidation sites excluding steroid dienone is 2. The van der Waals surface area contributed by atoms with Crippen molar-refractivity contribution in [1.29, 1.82) is 0 Å². The number of rotatable bonds is 9. The van der Waals surface area contributed by atoms with Crippen LogP contribution in [0.2, 0.25) is 0 Å². The molecule has 3 rings (SSSR count). The number of carbonyl (C=O) groups excluding carboxylic acids is 1. The molecule has 1 aliphatic carbocycles. The number of hydrogen-bond donors (Lipinski definition) is 3. The number of carbonyl (C=O) groups is 1. The molecule has 3 N–H and O–H groups in total. The first kappa shape index (κ1) is 22.4. The average molecular weight is 421 g/mol. The van der Waals surface area contributed by atoms with Crippen LogP contribution in [0.4, 0.5) is 17.1 Å².